The Morgan fingerprint density at radius 1 is 0.833 bits per heavy atom. The number of carbonyl (C=O) groups is 2. The van der Waals surface area contributed by atoms with E-state index < -0.39 is 0 Å². The fourth-order valence-corrected chi connectivity index (χ4v) is 3.35. The molecule has 0 atom stereocenters. The molecule has 0 aliphatic carbocycles. The molecule has 150 valence electrons. The van der Waals surface area contributed by atoms with Gasteiger partial charge in [-0.1, -0.05) is 54.6 Å². The summed E-state index contributed by atoms with van der Waals surface area (Å²) in [7, 11) is 0. The van der Waals surface area contributed by atoms with Crippen LogP contribution in [-0.4, -0.2) is 21.8 Å². The van der Waals surface area contributed by atoms with Gasteiger partial charge in [-0.05, 0) is 28.5 Å². The van der Waals surface area contributed by atoms with Crippen LogP contribution >= 0.6 is 0 Å². The molecule has 4 rings (SSSR count). The predicted molar refractivity (Wildman–Crippen MR) is 115 cm³/mol. The van der Waals surface area contributed by atoms with Crippen molar-refractivity contribution in [2.24, 2.45) is 0 Å². The number of aromatic nitrogens is 2. The summed E-state index contributed by atoms with van der Waals surface area (Å²) in [5.41, 5.74) is 6.09. The van der Waals surface area contributed by atoms with Crippen LogP contribution in [0.3, 0.4) is 0 Å². The summed E-state index contributed by atoms with van der Waals surface area (Å²) in [6, 6.07) is 20.6. The van der Waals surface area contributed by atoms with Crippen molar-refractivity contribution in [3.63, 3.8) is 0 Å². The van der Waals surface area contributed by atoms with E-state index in [1.165, 1.54) is 0 Å². The minimum atomic E-state index is -0.364. The monoisotopic (exact) mass is 400 g/mol. The van der Waals surface area contributed by atoms with E-state index in [0.717, 1.165) is 16.3 Å². The number of hydrogen-bond donors (Lipinski definition) is 3. The molecule has 4 aromatic rings. The molecular formula is C23H20N4O3. The SMILES string of the molecule is O=C(CCc1nc2ccccc2c(=O)[nH]1)NNC(=O)Cc1cccc2ccccc12. The number of hydrazine groups is 1. The van der Waals surface area contributed by atoms with Crippen molar-refractivity contribution in [2.45, 2.75) is 19.3 Å². The number of H-pyrrole nitrogens is 1. The van der Waals surface area contributed by atoms with E-state index in [9.17, 15) is 14.4 Å². The van der Waals surface area contributed by atoms with Crippen LogP contribution in [0.4, 0.5) is 0 Å². The number of para-hydroxylation sites is 1. The molecule has 0 aliphatic heterocycles. The van der Waals surface area contributed by atoms with Gasteiger partial charge in [-0.15, -0.1) is 0 Å². The molecule has 0 unspecified atom stereocenters. The van der Waals surface area contributed by atoms with Gasteiger partial charge in [0.2, 0.25) is 11.8 Å². The lowest BCUT2D eigenvalue weighted by atomic mass is 10.0. The smallest absolute Gasteiger partial charge is 0.258 e. The van der Waals surface area contributed by atoms with Gasteiger partial charge in [0.05, 0.1) is 17.3 Å². The number of benzene rings is 3. The number of nitrogens with zero attached hydrogens (tertiary/aromatic N) is 1. The van der Waals surface area contributed by atoms with Gasteiger partial charge in [0.15, 0.2) is 0 Å². The molecule has 0 radical (unpaired) electrons. The largest absolute Gasteiger partial charge is 0.310 e. The number of hydrogen-bond acceptors (Lipinski definition) is 4. The average molecular weight is 400 g/mol. The van der Waals surface area contributed by atoms with E-state index in [4.69, 9.17) is 0 Å². The minimum Gasteiger partial charge on any atom is -0.310 e. The Morgan fingerprint density at radius 3 is 2.40 bits per heavy atom. The molecule has 0 bridgehead atoms. The molecule has 1 aromatic heterocycles. The van der Waals surface area contributed by atoms with E-state index in [1.54, 1.807) is 24.3 Å². The summed E-state index contributed by atoms with van der Waals surface area (Å²) in [4.78, 5) is 43.5. The zero-order chi connectivity index (χ0) is 20.9. The number of aryl methyl sites for hydroxylation is 1. The molecule has 0 saturated carbocycles. The summed E-state index contributed by atoms with van der Waals surface area (Å²) in [6.45, 7) is 0. The molecule has 30 heavy (non-hydrogen) atoms. The van der Waals surface area contributed by atoms with Crippen LogP contribution in [-0.2, 0) is 22.4 Å². The summed E-state index contributed by atoms with van der Waals surface area (Å²) in [6.07, 6.45) is 0.488. The molecule has 1 heterocycles. The molecule has 2 amide bonds. The summed E-state index contributed by atoms with van der Waals surface area (Å²) < 4.78 is 0. The van der Waals surface area contributed by atoms with Crippen molar-refractivity contribution in [3.05, 3.63) is 88.5 Å². The predicted octanol–water partition coefficient (Wildman–Crippen LogP) is 2.40. The Balaban J connectivity index is 1.31. The molecule has 0 aliphatic rings. The van der Waals surface area contributed by atoms with Gasteiger partial charge in [-0.3, -0.25) is 25.2 Å². The zero-order valence-corrected chi connectivity index (χ0v) is 16.1. The first kappa shape index (κ1) is 19.3. The summed E-state index contributed by atoms with van der Waals surface area (Å²) in [5.74, 6) is -0.245. The third kappa shape index (κ3) is 4.35. The molecule has 7 nitrogen and oxygen atoms in total. The molecule has 0 saturated heterocycles. The molecule has 0 spiro atoms. The van der Waals surface area contributed by atoms with Gasteiger partial charge < -0.3 is 4.98 Å². The minimum absolute atomic E-state index is 0.0792. The Labute approximate surface area is 172 Å². The second kappa shape index (κ2) is 8.57. The van der Waals surface area contributed by atoms with Gasteiger partial charge in [0, 0.05) is 12.8 Å². The lowest BCUT2D eigenvalue weighted by Crippen LogP contribution is -2.42. The van der Waals surface area contributed by atoms with Crippen LogP contribution in [0, 0.1) is 0 Å². The van der Waals surface area contributed by atoms with Gasteiger partial charge in [0.1, 0.15) is 5.82 Å². The third-order valence-corrected chi connectivity index (χ3v) is 4.82. The number of fused-ring (bicyclic) bond motifs is 2. The first-order valence-corrected chi connectivity index (χ1v) is 9.62. The second-order valence-corrected chi connectivity index (χ2v) is 6.94. The van der Waals surface area contributed by atoms with Crippen molar-refractivity contribution in [3.8, 4) is 0 Å². The Kier molecular flexibility index (Phi) is 5.52. The highest BCUT2D eigenvalue weighted by Gasteiger charge is 2.10. The molecular weight excluding hydrogens is 380 g/mol. The van der Waals surface area contributed by atoms with E-state index in [2.05, 4.69) is 20.8 Å². The lowest BCUT2D eigenvalue weighted by Gasteiger charge is -2.09. The highest BCUT2D eigenvalue weighted by molar-refractivity contribution is 5.91. The molecule has 7 heteroatoms. The first-order valence-electron chi connectivity index (χ1n) is 9.62. The van der Waals surface area contributed by atoms with Gasteiger partial charge in [0.25, 0.3) is 5.56 Å². The standard InChI is InChI=1S/C23H20N4O3/c28-21(13-12-20-24-19-11-4-3-10-18(19)23(30)25-20)26-27-22(29)14-16-8-5-7-15-6-1-2-9-17(15)16/h1-11H,12-14H2,(H,26,28)(H,27,29)(H,24,25,30). The van der Waals surface area contributed by atoms with Crippen molar-refractivity contribution in [2.75, 3.05) is 0 Å². The van der Waals surface area contributed by atoms with Crippen LogP contribution in [0.2, 0.25) is 0 Å². The van der Waals surface area contributed by atoms with E-state index in [1.807, 2.05) is 42.5 Å². The lowest BCUT2D eigenvalue weighted by molar-refractivity contribution is -0.128. The summed E-state index contributed by atoms with van der Waals surface area (Å²) in [5, 5.41) is 2.57. The number of amides is 2. The Hall–Kier alpha value is -4.00. The van der Waals surface area contributed by atoms with Gasteiger partial charge in [-0.2, -0.15) is 0 Å². The van der Waals surface area contributed by atoms with E-state index in [0.29, 0.717) is 16.7 Å². The third-order valence-electron chi connectivity index (χ3n) is 4.82. The highest BCUT2D eigenvalue weighted by Crippen LogP contribution is 2.18. The van der Waals surface area contributed by atoms with Crippen LogP contribution in [0.25, 0.3) is 21.7 Å². The maximum atomic E-state index is 12.2. The van der Waals surface area contributed by atoms with Crippen molar-refractivity contribution >= 4 is 33.5 Å². The number of carbonyl (C=O) groups excluding carboxylic acids is 2. The van der Waals surface area contributed by atoms with Crippen LogP contribution in [0.5, 0.6) is 0 Å². The van der Waals surface area contributed by atoms with Crippen LogP contribution in [0.15, 0.2) is 71.5 Å². The summed E-state index contributed by atoms with van der Waals surface area (Å²) >= 11 is 0. The fourth-order valence-electron chi connectivity index (χ4n) is 3.35. The molecule has 3 aromatic carbocycles. The fraction of sp³-hybridized carbons (Fsp3) is 0.130. The molecule has 0 fully saturated rings. The topological polar surface area (TPSA) is 104 Å². The quantitative estimate of drug-likeness (QED) is 0.448. The Bertz CT molecular complexity index is 1290. The average Bonchev–Trinajstić information content (AvgIpc) is 2.76. The van der Waals surface area contributed by atoms with Crippen LogP contribution in [0.1, 0.15) is 17.8 Å². The highest BCUT2D eigenvalue weighted by atomic mass is 16.2. The van der Waals surface area contributed by atoms with E-state index >= 15 is 0 Å². The molecule has 3 N–H and O–H groups in total. The van der Waals surface area contributed by atoms with Crippen LogP contribution < -0.4 is 16.4 Å². The Morgan fingerprint density at radius 2 is 1.53 bits per heavy atom. The first-order chi connectivity index (χ1) is 14.6. The normalized spacial score (nSPS) is 10.8. The van der Waals surface area contributed by atoms with Crippen molar-refractivity contribution in [1.29, 1.82) is 0 Å². The second-order valence-electron chi connectivity index (χ2n) is 6.94. The van der Waals surface area contributed by atoms with Gasteiger partial charge >= 0.3 is 0 Å². The zero-order valence-electron chi connectivity index (χ0n) is 16.1. The number of rotatable bonds is 5. The maximum Gasteiger partial charge on any atom is 0.258 e. The van der Waals surface area contributed by atoms with Crippen molar-refractivity contribution < 1.29 is 9.59 Å². The van der Waals surface area contributed by atoms with Crippen molar-refractivity contribution in [1.82, 2.24) is 20.8 Å². The van der Waals surface area contributed by atoms with Gasteiger partial charge in [-0.25, -0.2) is 4.98 Å². The maximum absolute atomic E-state index is 12.2. The van der Waals surface area contributed by atoms with E-state index in [-0.39, 0.29) is 36.6 Å². The number of nitrogens with one attached hydrogen (secondary N) is 3. The number of aromatic amines is 1.